The van der Waals surface area contributed by atoms with Gasteiger partial charge in [-0.1, -0.05) is 36.9 Å². The topological polar surface area (TPSA) is 35.5 Å². The van der Waals surface area contributed by atoms with Crippen LogP contribution in [0.1, 0.15) is 18.1 Å². The number of fused-ring (bicyclic) bond motifs is 1. The zero-order valence-corrected chi connectivity index (χ0v) is 10.7. The van der Waals surface area contributed by atoms with E-state index in [9.17, 15) is 4.79 Å². The first kappa shape index (κ1) is 11.8. The molecule has 1 unspecified atom stereocenters. The van der Waals surface area contributed by atoms with E-state index < -0.39 is 0 Å². The van der Waals surface area contributed by atoms with Crippen molar-refractivity contribution in [1.29, 1.82) is 0 Å². The van der Waals surface area contributed by atoms with Gasteiger partial charge in [0.15, 0.2) is 0 Å². The van der Waals surface area contributed by atoms with Gasteiger partial charge in [0.05, 0.1) is 7.11 Å². The van der Waals surface area contributed by atoms with E-state index in [4.69, 9.17) is 9.47 Å². The second-order valence-electron chi connectivity index (χ2n) is 4.60. The first-order valence-corrected chi connectivity index (χ1v) is 6.15. The number of rotatable bonds is 2. The first-order valence-electron chi connectivity index (χ1n) is 6.15. The fraction of sp³-hybridized carbons (Fsp3) is 0.188. The van der Waals surface area contributed by atoms with Crippen LogP contribution in [-0.4, -0.2) is 13.1 Å². The average Bonchev–Trinajstić information content (AvgIpc) is 2.77. The highest BCUT2D eigenvalue weighted by atomic mass is 16.5. The van der Waals surface area contributed by atoms with Crippen molar-refractivity contribution in [2.24, 2.45) is 0 Å². The Balaban J connectivity index is 2.15. The molecular weight excluding hydrogens is 240 g/mol. The number of methoxy groups -OCH3 is 1. The highest BCUT2D eigenvalue weighted by Gasteiger charge is 2.29. The van der Waals surface area contributed by atoms with Crippen LogP contribution in [0.5, 0.6) is 5.75 Å². The second-order valence-corrected chi connectivity index (χ2v) is 4.60. The van der Waals surface area contributed by atoms with Gasteiger partial charge in [0.25, 0.3) is 0 Å². The van der Waals surface area contributed by atoms with Crippen LogP contribution in [0.2, 0.25) is 0 Å². The van der Waals surface area contributed by atoms with Gasteiger partial charge in [-0.3, -0.25) is 0 Å². The summed E-state index contributed by atoms with van der Waals surface area (Å²) in [5.41, 5.74) is 1.54. The third-order valence-electron chi connectivity index (χ3n) is 3.45. The number of carbonyl (C=O) groups is 1. The lowest BCUT2D eigenvalue weighted by Crippen LogP contribution is -2.00. The van der Waals surface area contributed by atoms with Crippen molar-refractivity contribution in [3.05, 3.63) is 54.1 Å². The number of hydrogen-bond donors (Lipinski definition) is 0. The molecule has 0 amide bonds. The summed E-state index contributed by atoms with van der Waals surface area (Å²) in [6, 6.07) is 11.8. The molecule has 0 radical (unpaired) electrons. The van der Waals surface area contributed by atoms with E-state index in [0.29, 0.717) is 12.0 Å². The second kappa shape index (κ2) is 4.43. The molecule has 2 aromatic carbocycles. The van der Waals surface area contributed by atoms with Gasteiger partial charge in [-0.05, 0) is 11.5 Å². The van der Waals surface area contributed by atoms with E-state index in [0.717, 1.165) is 22.1 Å². The Hall–Kier alpha value is -2.29. The average molecular weight is 254 g/mol. The van der Waals surface area contributed by atoms with E-state index in [1.807, 2.05) is 36.4 Å². The van der Waals surface area contributed by atoms with E-state index in [1.54, 1.807) is 7.11 Å². The molecule has 1 atom stereocenters. The summed E-state index contributed by atoms with van der Waals surface area (Å²) < 4.78 is 10.7. The minimum atomic E-state index is -0.301. The molecule has 3 rings (SSSR count). The maximum absolute atomic E-state index is 11.5. The lowest BCUT2D eigenvalue weighted by molar-refractivity contribution is -0.139. The monoisotopic (exact) mass is 254 g/mol. The number of carbonyl (C=O) groups excluding carboxylic acids is 1. The Labute approximate surface area is 111 Å². The van der Waals surface area contributed by atoms with Crippen molar-refractivity contribution in [3.8, 4) is 5.75 Å². The predicted octanol–water partition coefficient (Wildman–Crippen LogP) is 3.39. The van der Waals surface area contributed by atoms with Crippen molar-refractivity contribution >= 4 is 16.7 Å². The fourth-order valence-electron chi connectivity index (χ4n) is 2.49. The van der Waals surface area contributed by atoms with Crippen molar-refractivity contribution in [2.75, 3.05) is 7.11 Å². The highest BCUT2D eigenvalue weighted by molar-refractivity contribution is 5.94. The summed E-state index contributed by atoms with van der Waals surface area (Å²) in [6.07, 6.45) is 0.311. The molecule has 0 N–H and O–H groups in total. The maximum atomic E-state index is 11.5. The lowest BCUT2D eigenvalue weighted by Gasteiger charge is -2.14. The number of hydrogen-bond acceptors (Lipinski definition) is 3. The Morgan fingerprint density at radius 3 is 2.58 bits per heavy atom. The van der Waals surface area contributed by atoms with Crippen LogP contribution in [0, 0.1) is 0 Å². The molecule has 1 heterocycles. The van der Waals surface area contributed by atoms with Crippen LogP contribution < -0.4 is 4.74 Å². The third-order valence-corrected chi connectivity index (χ3v) is 3.45. The van der Waals surface area contributed by atoms with E-state index in [-0.39, 0.29) is 12.1 Å². The minimum Gasteiger partial charge on any atom is -0.496 e. The molecule has 3 heteroatoms. The smallest absolute Gasteiger partial charge is 0.334 e. The largest absolute Gasteiger partial charge is 0.496 e. The van der Waals surface area contributed by atoms with Crippen LogP contribution >= 0.6 is 0 Å². The standard InChI is InChI=1S/C16H14O3/c1-10-9-15(19-16(10)17)13-7-8-14(18-2)12-6-4-3-5-11(12)13/h3-8,15H,1,9H2,2H3. The van der Waals surface area contributed by atoms with Crippen molar-refractivity contribution in [3.63, 3.8) is 0 Å². The molecular formula is C16H14O3. The molecule has 1 saturated heterocycles. The molecule has 0 saturated carbocycles. The van der Waals surface area contributed by atoms with Gasteiger partial charge in [-0.2, -0.15) is 0 Å². The van der Waals surface area contributed by atoms with Gasteiger partial charge in [0.2, 0.25) is 0 Å². The Kier molecular flexibility index (Phi) is 2.75. The molecule has 0 aliphatic carbocycles. The molecule has 19 heavy (non-hydrogen) atoms. The summed E-state index contributed by atoms with van der Waals surface area (Å²) in [5.74, 6) is 0.521. The zero-order valence-electron chi connectivity index (χ0n) is 10.7. The normalized spacial score (nSPS) is 18.7. The highest BCUT2D eigenvalue weighted by Crippen LogP contribution is 2.38. The molecule has 3 nitrogen and oxygen atoms in total. The van der Waals surface area contributed by atoms with Crippen LogP contribution in [0.25, 0.3) is 10.8 Å². The first-order chi connectivity index (χ1) is 9.20. The van der Waals surface area contributed by atoms with Crippen LogP contribution in [-0.2, 0) is 9.53 Å². The van der Waals surface area contributed by atoms with Gasteiger partial charge >= 0.3 is 5.97 Å². The zero-order chi connectivity index (χ0) is 13.4. The van der Waals surface area contributed by atoms with E-state index in [1.165, 1.54) is 0 Å². The number of esters is 1. The van der Waals surface area contributed by atoms with Gasteiger partial charge in [-0.15, -0.1) is 0 Å². The molecule has 0 spiro atoms. The maximum Gasteiger partial charge on any atom is 0.334 e. The summed E-state index contributed by atoms with van der Waals surface area (Å²) in [5, 5.41) is 2.07. The molecule has 1 fully saturated rings. The quantitative estimate of drug-likeness (QED) is 0.608. The van der Waals surface area contributed by atoms with Crippen molar-refractivity contribution in [1.82, 2.24) is 0 Å². The molecule has 96 valence electrons. The Bertz CT molecular complexity index is 657. The van der Waals surface area contributed by atoms with E-state index in [2.05, 4.69) is 6.58 Å². The van der Waals surface area contributed by atoms with Crippen molar-refractivity contribution in [2.45, 2.75) is 12.5 Å². The SMILES string of the molecule is C=C1CC(c2ccc(OC)c3ccccc23)OC1=O. The van der Waals surface area contributed by atoms with Crippen molar-refractivity contribution < 1.29 is 14.3 Å². The molecule has 1 aliphatic rings. The van der Waals surface area contributed by atoms with Crippen LogP contribution in [0.3, 0.4) is 0 Å². The number of benzene rings is 2. The summed E-state index contributed by atoms with van der Waals surface area (Å²) >= 11 is 0. The van der Waals surface area contributed by atoms with Crippen LogP contribution in [0.4, 0.5) is 0 Å². The summed E-state index contributed by atoms with van der Waals surface area (Å²) in [4.78, 5) is 11.5. The summed E-state index contributed by atoms with van der Waals surface area (Å²) in [7, 11) is 1.65. The number of ether oxygens (including phenoxy) is 2. The number of cyclic esters (lactones) is 1. The molecule has 0 bridgehead atoms. The predicted molar refractivity (Wildman–Crippen MR) is 73.1 cm³/mol. The lowest BCUT2D eigenvalue weighted by atomic mass is 9.97. The Morgan fingerprint density at radius 2 is 1.95 bits per heavy atom. The molecule has 1 aliphatic heterocycles. The summed E-state index contributed by atoms with van der Waals surface area (Å²) in [6.45, 7) is 3.73. The van der Waals surface area contributed by atoms with Gasteiger partial charge in [0, 0.05) is 22.9 Å². The molecule has 2 aromatic rings. The fourth-order valence-corrected chi connectivity index (χ4v) is 2.49. The Morgan fingerprint density at radius 1 is 1.21 bits per heavy atom. The third kappa shape index (κ3) is 1.87. The van der Waals surface area contributed by atoms with E-state index >= 15 is 0 Å². The minimum absolute atomic E-state index is 0.240. The van der Waals surface area contributed by atoms with Crippen LogP contribution in [0.15, 0.2) is 48.6 Å². The van der Waals surface area contributed by atoms with Gasteiger partial charge in [-0.25, -0.2) is 4.79 Å². The van der Waals surface area contributed by atoms with Gasteiger partial charge in [0.1, 0.15) is 11.9 Å². The molecule has 0 aromatic heterocycles. The van der Waals surface area contributed by atoms with Gasteiger partial charge < -0.3 is 9.47 Å².